The first-order chi connectivity index (χ1) is 2.83. The van der Waals surface area contributed by atoms with E-state index >= 15 is 0 Å². The third kappa shape index (κ3) is 354. The van der Waals surface area contributed by atoms with Gasteiger partial charge in [-0.1, -0.05) is 0 Å². The second-order valence-corrected chi connectivity index (χ2v) is 0.894. The largest absolute Gasteiger partial charge is 4.00 e. The molecule has 0 aromatic carbocycles. The smallest absolute Gasteiger partial charge is 0.668 e. The summed E-state index contributed by atoms with van der Waals surface area (Å²) in [7, 11) is 7.00. The minimum atomic E-state index is 0. The zero-order valence-corrected chi connectivity index (χ0v) is 6.96. The maximum absolute atomic E-state index is 3.50. The molecule has 0 aliphatic carbocycles. The van der Waals surface area contributed by atoms with Gasteiger partial charge in [0.2, 0.25) is 0 Å². The van der Waals surface area contributed by atoms with Gasteiger partial charge < -0.3 is 10.6 Å². The van der Waals surface area contributed by atoms with Crippen LogP contribution in [0.5, 0.6) is 0 Å². The zero-order chi connectivity index (χ0) is 5.41. The molecule has 0 bridgehead atoms. The van der Waals surface area contributed by atoms with Crippen molar-refractivity contribution < 1.29 is 21.7 Å². The van der Waals surface area contributed by atoms with Gasteiger partial charge >= 0.3 is 21.7 Å². The number of nitrogens with zero attached hydrogens (tertiary/aromatic N) is 2. The summed E-state index contributed by atoms with van der Waals surface area (Å²) in [6.07, 6.45) is 0. The first-order valence-corrected chi connectivity index (χ1v) is 1.79. The third-order valence-corrected chi connectivity index (χ3v) is 0. The van der Waals surface area contributed by atoms with E-state index in [9.17, 15) is 0 Å². The molecule has 0 aliphatic rings. The van der Waals surface area contributed by atoms with Gasteiger partial charge in [0.05, 0.1) is 0 Å². The molecule has 40 valence electrons. The van der Waals surface area contributed by atoms with Crippen LogP contribution in [-0.4, -0.2) is 28.2 Å². The third-order valence-electron chi connectivity index (χ3n) is 0. The van der Waals surface area contributed by atoms with E-state index in [1.165, 1.54) is 0 Å². The summed E-state index contributed by atoms with van der Waals surface area (Å²) < 4.78 is 0. The Morgan fingerprint density at radius 2 is 0.714 bits per heavy atom. The maximum Gasteiger partial charge on any atom is 4.00 e. The van der Waals surface area contributed by atoms with Crippen LogP contribution >= 0.6 is 0 Å². The molecule has 0 radical (unpaired) electrons. The Kier molecular flexibility index (Phi) is 67.8. The van der Waals surface area contributed by atoms with Crippen molar-refractivity contribution in [1.29, 1.82) is 0 Å². The van der Waals surface area contributed by atoms with Gasteiger partial charge in [-0.25, -0.2) is 0 Å². The van der Waals surface area contributed by atoms with Crippen molar-refractivity contribution in [3.63, 3.8) is 0 Å². The van der Waals surface area contributed by atoms with E-state index < -0.39 is 0 Å². The van der Waals surface area contributed by atoms with Crippen LogP contribution in [0.1, 0.15) is 0 Å². The second kappa shape index (κ2) is 30.3. The van der Waals surface area contributed by atoms with E-state index in [2.05, 4.69) is 10.6 Å². The molecular formula is C4H12N2Ti+2. The molecule has 0 amide bonds. The molecule has 0 heterocycles. The normalized spacial score (nSPS) is 5.14. The first kappa shape index (κ1) is 15.6. The molecule has 3 heteroatoms. The van der Waals surface area contributed by atoms with Gasteiger partial charge in [0.15, 0.2) is 0 Å². The zero-order valence-electron chi connectivity index (χ0n) is 5.39. The molecule has 0 aliphatic heterocycles. The second-order valence-electron chi connectivity index (χ2n) is 0.894. The fourth-order valence-electron chi connectivity index (χ4n) is 0. The molecular weight excluding hydrogens is 124 g/mol. The fraction of sp³-hybridized carbons (Fsp3) is 1.00. The monoisotopic (exact) mass is 136 g/mol. The summed E-state index contributed by atoms with van der Waals surface area (Å²) in [6.45, 7) is 0. The molecule has 7 heavy (non-hydrogen) atoms. The summed E-state index contributed by atoms with van der Waals surface area (Å²) in [6, 6.07) is 0. The maximum atomic E-state index is 3.50. The van der Waals surface area contributed by atoms with Crippen LogP contribution in [0.3, 0.4) is 0 Å². The molecule has 0 aromatic rings. The average Bonchev–Trinajstić information content (AvgIpc) is 1.39. The van der Waals surface area contributed by atoms with Crippen molar-refractivity contribution in [1.82, 2.24) is 0 Å². The molecule has 2 nitrogen and oxygen atoms in total. The molecule has 0 spiro atoms. The summed E-state index contributed by atoms with van der Waals surface area (Å²) in [5.41, 5.74) is 0. The van der Waals surface area contributed by atoms with Crippen LogP contribution in [0.15, 0.2) is 0 Å². The van der Waals surface area contributed by atoms with E-state index in [-0.39, 0.29) is 21.7 Å². The molecule has 0 atom stereocenters. The minimum Gasteiger partial charge on any atom is -0.668 e. The molecule has 0 unspecified atom stereocenters. The van der Waals surface area contributed by atoms with Crippen LogP contribution in [-0.2, 0) is 21.7 Å². The van der Waals surface area contributed by atoms with Crippen LogP contribution in [0.2, 0.25) is 0 Å². The predicted octanol–water partition coefficient (Wildman–Crippen LogP) is 1.24. The van der Waals surface area contributed by atoms with E-state index in [1.807, 2.05) is 0 Å². The quantitative estimate of drug-likeness (QED) is 0.448. The Morgan fingerprint density at radius 1 is 0.714 bits per heavy atom. The van der Waals surface area contributed by atoms with E-state index in [1.54, 1.807) is 28.2 Å². The van der Waals surface area contributed by atoms with Crippen LogP contribution in [0.4, 0.5) is 0 Å². The Labute approximate surface area is 60.9 Å². The molecule has 0 fully saturated rings. The predicted molar refractivity (Wildman–Crippen MR) is 30.4 cm³/mol. The van der Waals surface area contributed by atoms with Crippen molar-refractivity contribution >= 4 is 0 Å². The Balaban J connectivity index is -0.0000000400. The number of hydrogen-bond acceptors (Lipinski definition) is 0. The first-order valence-electron chi connectivity index (χ1n) is 1.79. The van der Waals surface area contributed by atoms with Crippen LogP contribution < -0.4 is 0 Å². The van der Waals surface area contributed by atoms with Gasteiger partial charge in [-0.3, -0.25) is 0 Å². The van der Waals surface area contributed by atoms with Gasteiger partial charge in [0.1, 0.15) is 0 Å². The summed E-state index contributed by atoms with van der Waals surface area (Å²) in [5, 5.41) is 7.00. The summed E-state index contributed by atoms with van der Waals surface area (Å²) in [4.78, 5) is 0. The molecule has 0 aromatic heterocycles. The standard InChI is InChI=1S/2C2H6N.Ti/c2*1-3-2;/h2*1-2H3;/q2*-1;+4. The van der Waals surface area contributed by atoms with Gasteiger partial charge in [0.25, 0.3) is 0 Å². The number of rotatable bonds is 0. The minimum absolute atomic E-state index is 0. The Morgan fingerprint density at radius 3 is 0.714 bits per heavy atom. The Bertz CT molecular complexity index is 11.7. The van der Waals surface area contributed by atoms with Crippen molar-refractivity contribution in [2.75, 3.05) is 28.2 Å². The molecule has 0 saturated heterocycles. The fourth-order valence-corrected chi connectivity index (χ4v) is 0. The SMILES string of the molecule is C[N-]C.C[N-]C.[Ti+4]. The molecule has 0 saturated carbocycles. The van der Waals surface area contributed by atoms with Crippen molar-refractivity contribution in [3.05, 3.63) is 10.6 Å². The van der Waals surface area contributed by atoms with Crippen molar-refractivity contribution in [3.8, 4) is 0 Å². The van der Waals surface area contributed by atoms with Gasteiger partial charge in [-0.2, -0.15) is 28.2 Å². The van der Waals surface area contributed by atoms with E-state index in [4.69, 9.17) is 0 Å². The van der Waals surface area contributed by atoms with Gasteiger partial charge in [-0.15, -0.1) is 0 Å². The van der Waals surface area contributed by atoms with E-state index in [0.717, 1.165) is 0 Å². The van der Waals surface area contributed by atoms with Crippen molar-refractivity contribution in [2.45, 2.75) is 0 Å². The van der Waals surface area contributed by atoms with Gasteiger partial charge in [0, 0.05) is 0 Å². The Hall–Kier alpha value is 0.634. The van der Waals surface area contributed by atoms with Crippen LogP contribution in [0.25, 0.3) is 10.6 Å². The average molecular weight is 136 g/mol. The number of hydrogen-bond donors (Lipinski definition) is 0. The summed E-state index contributed by atoms with van der Waals surface area (Å²) >= 11 is 0. The summed E-state index contributed by atoms with van der Waals surface area (Å²) in [5.74, 6) is 0. The molecule has 0 N–H and O–H groups in total. The van der Waals surface area contributed by atoms with Crippen LogP contribution in [0, 0.1) is 0 Å². The van der Waals surface area contributed by atoms with Crippen molar-refractivity contribution in [2.24, 2.45) is 0 Å². The van der Waals surface area contributed by atoms with E-state index in [0.29, 0.717) is 0 Å². The topological polar surface area (TPSA) is 28.2 Å². The molecule has 0 rings (SSSR count). The van der Waals surface area contributed by atoms with Gasteiger partial charge in [-0.05, 0) is 0 Å².